The molecular weight excluding hydrogens is 672 g/mol. The van der Waals surface area contributed by atoms with Gasteiger partial charge in [-0.1, -0.05) is 41.9 Å². The minimum atomic E-state index is -0.828. The predicted octanol–water partition coefficient (Wildman–Crippen LogP) is 4.97. The van der Waals surface area contributed by atoms with Crippen molar-refractivity contribution in [1.29, 1.82) is 0 Å². The monoisotopic (exact) mass is 722 g/mol. The van der Waals surface area contributed by atoms with Gasteiger partial charge in [0.05, 0.1) is 19.1 Å². The zero-order valence-corrected chi connectivity index (χ0v) is 30.8. The number of ether oxygens (including phenoxy) is 2. The lowest BCUT2D eigenvalue weighted by atomic mass is 9.92. The quantitative estimate of drug-likeness (QED) is 0.361. The van der Waals surface area contributed by atoms with Crippen molar-refractivity contribution >= 4 is 41.3 Å². The van der Waals surface area contributed by atoms with Crippen LogP contribution in [0.5, 0.6) is 0 Å². The van der Waals surface area contributed by atoms with Crippen LogP contribution in [0.15, 0.2) is 42.5 Å². The number of carbonyl (C=O) groups is 4. The molecule has 1 N–H and O–H groups in total. The smallest absolute Gasteiger partial charge is 0.435 e. The molecule has 2 aromatic rings. The van der Waals surface area contributed by atoms with Gasteiger partial charge in [-0.15, -0.1) is 0 Å². The van der Waals surface area contributed by atoms with Gasteiger partial charge in [-0.05, 0) is 94.9 Å². The molecule has 51 heavy (non-hydrogen) atoms. The van der Waals surface area contributed by atoms with Crippen LogP contribution in [0.1, 0.15) is 55.7 Å². The normalized spacial score (nSPS) is 21.5. The van der Waals surface area contributed by atoms with E-state index in [1.54, 1.807) is 11.8 Å². The summed E-state index contributed by atoms with van der Waals surface area (Å²) in [5, 5.41) is 3.64. The number of benzene rings is 2. The van der Waals surface area contributed by atoms with Crippen LogP contribution in [0.4, 0.5) is 15.3 Å². The maximum Gasteiger partial charge on any atom is 0.510 e. The molecule has 0 radical (unpaired) electrons. The van der Waals surface area contributed by atoms with Gasteiger partial charge < -0.3 is 34.4 Å². The summed E-state index contributed by atoms with van der Waals surface area (Å²) >= 11 is 6.34. The van der Waals surface area contributed by atoms with E-state index in [2.05, 4.69) is 22.2 Å². The maximum atomic E-state index is 14.6. The van der Waals surface area contributed by atoms with E-state index in [9.17, 15) is 19.2 Å². The molecule has 4 aliphatic rings. The number of hydrogen-bond donors (Lipinski definition) is 1. The van der Waals surface area contributed by atoms with Crippen molar-refractivity contribution in [1.82, 2.24) is 24.5 Å². The van der Waals surface area contributed by atoms with E-state index in [4.69, 9.17) is 21.1 Å². The van der Waals surface area contributed by atoms with Crippen molar-refractivity contribution in [3.05, 3.63) is 64.2 Å². The second kappa shape index (κ2) is 16.6. The highest BCUT2D eigenvalue weighted by atomic mass is 35.5. The molecule has 3 fully saturated rings. The zero-order chi connectivity index (χ0) is 36.1. The molecule has 0 bridgehead atoms. The molecule has 4 aliphatic heterocycles. The number of halogens is 1. The number of nitrogens with zero attached hydrogens (tertiary/aromatic N) is 5. The molecule has 0 saturated carbocycles. The number of likely N-dealkylation sites (tertiary alicyclic amines) is 2. The Bertz CT molecular complexity index is 1580. The molecule has 2 aromatic carbocycles. The first-order valence-electron chi connectivity index (χ1n) is 18.3. The summed E-state index contributed by atoms with van der Waals surface area (Å²) in [5.41, 5.74) is 3.72. The summed E-state index contributed by atoms with van der Waals surface area (Å²) in [6, 6.07) is 13.7. The number of carbonyl (C=O) groups excluding carboxylic acids is 4. The van der Waals surface area contributed by atoms with Crippen LogP contribution < -0.4 is 5.32 Å². The van der Waals surface area contributed by atoms with Crippen LogP contribution >= 0.6 is 11.6 Å². The first-order chi connectivity index (χ1) is 24.6. The molecule has 0 spiro atoms. The van der Waals surface area contributed by atoms with E-state index in [1.165, 1.54) is 0 Å². The Hall–Kier alpha value is -3.87. The van der Waals surface area contributed by atoms with Crippen LogP contribution in [0.25, 0.3) is 0 Å². The van der Waals surface area contributed by atoms with Gasteiger partial charge in [0.1, 0.15) is 0 Å². The number of aryl methyl sites for hydroxylation is 1. The molecule has 0 aromatic heterocycles. The lowest BCUT2D eigenvalue weighted by Crippen LogP contribution is -2.61. The Morgan fingerprint density at radius 2 is 1.69 bits per heavy atom. The third-order valence-corrected chi connectivity index (χ3v) is 11.4. The van der Waals surface area contributed by atoms with Crippen molar-refractivity contribution < 1.29 is 28.7 Å². The van der Waals surface area contributed by atoms with E-state index in [0.29, 0.717) is 69.6 Å². The maximum absolute atomic E-state index is 14.6. The van der Waals surface area contributed by atoms with Gasteiger partial charge >= 0.3 is 12.2 Å². The lowest BCUT2D eigenvalue weighted by Gasteiger charge is -2.46. The number of piperazine rings is 1. The number of urea groups is 1. The number of fused-ring (bicyclic) bond motifs is 1. The molecule has 2 unspecified atom stereocenters. The third kappa shape index (κ3) is 8.96. The molecule has 13 heteroatoms. The van der Waals surface area contributed by atoms with Crippen molar-refractivity contribution in [2.45, 2.75) is 77.2 Å². The number of anilines is 1. The van der Waals surface area contributed by atoms with Crippen LogP contribution in [0, 0.1) is 12.8 Å². The second-order valence-electron chi connectivity index (χ2n) is 14.3. The Morgan fingerprint density at radius 3 is 2.41 bits per heavy atom. The standard InChI is InChI=1S/C38H51ClN6O6/c1-4-50-38(49)51-35-25-43(30-11-15-41(3)16-12-30)19-20-44(35)36(47)29(22-27-9-10-32(39)26(2)21-27)23-34(46)42-17-13-31(14-18-42)45-24-28-7-5-6-8-33(28)40-37(45)48/h5-10,21,29-31,35H,4,11-20,22-25H2,1-3H3,(H,40,48). The van der Waals surface area contributed by atoms with E-state index < -0.39 is 18.3 Å². The number of nitrogens with one attached hydrogen (secondary N) is 1. The van der Waals surface area contributed by atoms with E-state index in [0.717, 1.165) is 48.3 Å². The van der Waals surface area contributed by atoms with E-state index in [-0.39, 0.29) is 36.9 Å². The van der Waals surface area contributed by atoms with Gasteiger partial charge in [0, 0.05) is 61.9 Å². The molecule has 276 valence electrons. The number of piperidine rings is 2. The summed E-state index contributed by atoms with van der Waals surface area (Å²) in [6.07, 6.45) is 2.06. The number of para-hydroxylation sites is 1. The van der Waals surface area contributed by atoms with Crippen LogP contribution in [0.2, 0.25) is 5.02 Å². The molecule has 2 atom stereocenters. The Kier molecular flexibility index (Phi) is 12.0. The van der Waals surface area contributed by atoms with Gasteiger partial charge in [-0.2, -0.15) is 0 Å². The Morgan fingerprint density at radius 1 is 0.961 bits per heavy atom. The van der Waals surface area contributed by atoms with Crippen LogP contribution in [0.3, 0.4) is 0 Å². The molecular formula is C38H51ClN6O6. The fourth-order valence-corrected chi connectivity index (χ4v) is 8.08. The van der Waals surface area contributed by atoms with Gasteiger partial charge in [-0.25, -0.2) is 9.59 Å². The zero-order valence-electron chi connectivity index (χ0n) is 30.0. The number of hydrogen-bond acceptors (Lipinski definition) is 8. The number of amides is 4. The minimum absolute atomic E-state index is 0.0125. The van der Waals surface area contributed by atoms with Crippen molar-refractivity contribution in [2.24, 2.45) is 5.92 Å². The first kappa shape index (κ1) is 36.9. The topological polar surface area (TPSA) is 115 Å². The van der Waals surface area contributed by atoms with Gasteiger partial charge in [0.2, 0.25) is 11.8 Å². The van der Waals surface area contributed by atoms with Gasteiger partial charge in [-0.3, -0.25) is 14.5 Å². The summed E-state index contributed by atoms with van der Waals surface area (Å²) in [5.74, 6) is -0.992. The van der Waals surface area contributed by atoms with Crippen LogP contribution in [-0.4, -0.2) is 126 Å². The Labute approximate surface area is 305 Å². The lowest BCUT2D eigenvalue weighted by molar-refractivity contribution is -0.158. The predicted molar refractivity (Wildman–Crippen MR) is 194 cm³/mol. The van der Waals surface area contributed by atoms with Gasteiger partial charge in [0.15, 0.2) is 6.23 Å². The first-order valence-corrected chi connectivity index (χ1v) is 18.7. The van der Waals surface area contributed by atoms with Crippen molar-refractivity contribution in [2.75, 3.05) is 64.8 Å². The van der Waals surface area contributed by atoms with Crippen LogP contribution in [-0.2, 0) is 32.0 Å². The highest BCUT2D eigenvalue weighted by Gasteiger charge is 2.40. The van der Waals surface area contributed by atoms with Crippen molar-refractivity contribution in [3.63, 3.8) is 0 Å². The summed E-state index contributed by atoms with van der Waals surface area (Å²) in [7, 11) is 2.12. The fourth-order valence-electron chi connectivity index (χ4n) is 7.96. The summed E-state index contributed by atoms with van der Waals surface area (Å²) < 4.78 is 10.9. The summed E-state index contributed by atoms with van der Waals surface area (Å²) in [4.78, 5) is 64.1. The average molecular weight is 723 g/mol. The highest BCUT2D eigenvalue weighted by Crippen LogP contribution is 2.30. The Balaban J connectivity index is 1.15. The molecule has 4 amide bonds. The SMILES string of the molecule is CCOC(=O)OC1CN(C2CCN(C)CC2)CCN1C(=O)C(CC(=O)N1CCC(N2Cc3ccccc3NC2=O)CC1)Cc1ccc(Cl)c(C)c1. The highest BCUT2D eigenvalue weighted by molar-refractivity contribution is 6.31. The molecule has 0 aliphatic carbocycles. The molecule has 12 nitrogen and oxygen atoms in total. The largest absolute Gasteiger partial charge is 0.510 e. The number of rotatable bonds is 9. The summed E-state index contributed by atoms with van der Waals surface area (Å²) in [6.45, 7) is 8.76. The van der Waals surface area contributed by atoms with Crippen molar-refractivity contribution in [3.8, 4) is 0 Å². The minimum Gasteiger partial charge on any atom is -0.435 e. The molecule has 6 rings (SSSR count). The average Bonchev–Trinajstić information content (AvgIpc) is 3.12. The van der Waals surface area contributed by atoms with Gasteiger partial charge in [0.25, 0.3) is 0 Å². The second-order valence-corrected chi connectivity index (χ2v) is 14.7. The molecule has 3 saturated heterocycles. The van der Waals surface area contributed by atoms with E-state index >= 15 is 0 Å². The van der Waals surface area contributed by atoms with E-state index in [1.807, 2.05) is 59.2 Å². The molecule has 4 heterocycles. The fraction of sp³-hybridized carbons (Fsp3) is 0.579. The third-order valence-electron chi connectivity index (χ3n) is 10.9.